The van der Waals surface area contributed by atoms with Crippen molar-refractivity contribution in [3.63, 3.8) is 0 Å². The second kappa shape index (κ2) is 9.67. The van der Waals surface area contributed by atoms with Crippen LogP contribution in [0.2, 0.25) is 0 Å². The SMILES string of the molecule is COc1ccc(Br)cc1CNCCSCCCO. The lowest BCUT2D eigenvalue weighted by Crippen LogP contribution is -2.17. The molecule has 102 valence electrons. The number of aliphatic hydroxyl groups excluding tert-OH is 1. The van der Waals surface area contributed by atoms with E-state index in [-0.39, 0.29) is 6.61 Å². The fourth-order valence-electron chi connectivity index (χ4n) is 1.52. The van der Waals surface area contributed by atoms with E-state index in [9.17, 15) is 0 Å². The second-order valence-electron chi connectivity index (χ2n) is 3.82. The summed E-state index contributed by atoms with van der Waals surface area (Å²) in [6, 6.07) is 6.02. The highest BCUT2D eigenvalue weighted by Crippen LogP contribution is 2.22. The average Bonchev–Trinajstić information content (AvgIpc) is 2.38. The van der Waals surface area contributed by atoms with Gasteiger partial charge in [0.15, 0.2) is 0 Å². The molecule has 0 radical (unpaired) electrons. The molecule has 3 nitrogen and oxygen atoms in total. The highest BCUT2D eigenvalue weighted by molar-refractivity contribution is 9.10. The summed E-state index contributed by atoms with van der Waals surface area (Å²) in [5, 5.41) is 12.1. The van der Waals surface area contributed by atoms with Gasteiger partial charge in [-0.15, -0.1) is 0 Å². The van der Waals surface area contributed by atoms with Crippen LogP contribution in [-0.2, 0) is 6.54 Å². The van der Waals surface area contributed by atoms with Gasteiger partial charge >= 0.3 is 0 Å². The first-order chi connectivity index (χ1) is 8.77. The summed E-state index contributed by atoms with van der Waals surface area (Å²) in [4.78, 5) is 0. The Morgan fingerprint density at radius 1 is 1.39 bits per heavy atom. The van der Waals surface area contributed by atoms with Gasteiger partial charge in [-0.3, -0.25) is 0 Å². The molecule has 18 heavy (non-hydrogen) atoms. The fourth-order valence-corrected chi connectivity index (χ4v) is 2.76. The molecule has 0 aromatic heterocycles. The average molecular weight is 334 g/mol. The number of methoxy groups -OCH3 is 1. The number of rotatable bonds is 9. The van der Waals surface area contributed by atoms with E-state index < -0.39 is 0 Å². The quantitative estimate of drug-likeness (QED) is 0.682. The molecule has 0 aliphatic heterocycles. The Morgan fingerprint density at radius 2 is 2.22 bits per heavy atom. The third-order valence-electron chi connectivity index (χ3n) is 2.43. The molecule has 0 amide bonds. The number of halogens is 1. The van der Waals surface area contributed by atoms with E-state index in [1.807, 2.05) is 23.9 Å². The van der Waals surface area contributed by atoms with E-state index in [1.54, 1.807) is 7.11 Å². The van der Waals surface area contributed by atoms with Crippen LogP contribution in [-0.4, -0.2) is 36.9 Å². The van der Waals surface area contributed by atoms with E-state index >= 15 is 0 Å². The van der Waals surface area contributed by atoms with Crippen LogP contribution < -0.4 is 10.1 Å². The van der Waals surface area contributed by atoms with E-state index in [0.717, 1.165) is 46.8 Å². The molecule has 0 aliphatic carbocycles. The Labute approximate surface area is 121 Å². The minimum atomic E-state index is 0.287. The zero-order chi connectivity index (χ0) is 13.2. The Bertz CT molecular complexity index is 350. The molecule has 0 heterocycles. The van der Waals surface area contributed by atoms with Crippen LogP contribution in [0.3, 0.4) is 0 Å². The van der Waals surface area contributed by atoms with Crippen LogP contribution >= 0.6 is 27.7 Å². The zero-order valence-corrected chi connectivity index (χ0v) is 13.0. The van der Waals surface area contributed by atoms with Crippen molar-refractivity contribution in [1.29, 1.82) is 0 Å². The van der Waals surface area contributed by atoms with Crippen LogP contribution in [0.1, 0.15) is 12.0 Å². The summed E-state index contributed by atoms with van der Waals surface area (Å²) in [6.45, 7) is 2.06. The summed E-state index contributed by atoms with van der Waals surface area (Å²) in [6.07, 6.45) is 0.879. The van der Waals surface area contributed by atoms with Gasteiger partial charge in [0.05, 0.1) is 7.11 Å². The molecule has 0 bridgehead atoms. The van der Waals surface area contributed by atoms with Gasteiger partial charge in [-0.25, -0.2) is 0 Å². The van der Waals surface area contributed by atoms with Crippen LogP contribution in [0.4, 0.5) is 0 Å². The maximum Gasteiger partial charge on any atom is 0.123 e. The third-order valence-corrected chi connectivity index (χ3v) is 3.99. The number of aliphatic hydroxyl groups is 1. The van der Waals surface area contributed by atoms with Crippen LogP contribution in [0.5, 0.6) is 5.75 Å². The molecule has 0 fully saturated rings. The Balaban J connectivity index is 2.24. The monoisotopic (exact) mass is 333 g/mol. The lowest BCUT2D eigenvalue weighted by Gasteiger charge is -2.10. The molecule has 2 N–H and O–H groups in total. The number of nitrogens with one attached hydrogen (secondary N) is 1. The zero-order valence-electron chi connectivity index (χ0n) is 10.6. The first-order valence-electron chi connectivity index (χ1n) is 5.99. The summed E-state index contributed by atoms with van der Waals surface area (Å²) >= 11 is 5.33. The molecule has 0 unspecified atom stereocenters. The lowest BCUT2D eigenvalue weighted by molar-refractivity contribution is 0.296. The summed E-state index contributed by atoms with van der Waals surface area (Å²) in [5.74, 6) is 3.01. The summed E-state index contributed by atoms with van der Waals surface area (Å²) in [5.41, 5.74) is 1.16. The summed E-state index contributed by atoms with van der Waals surface area (Å²) < 4.78 is 6.38. The van der Waals surface area contributed by atoms with Crippen molar-refractivity contribution in [2.45, 2.75) is 13.0 Å². The molecule has 1 aromatic rings. The van der Waals surface area contributed by atoms with Crippen molar-refractivity contribution in [2.75, 3.05) is 31.8 Å². The topological polar surface area (TPSA) is 41.5 Å². The molecule has 0 spiro atoms. The van der Waals surface area contributed by atoms with Crippen molar-refractivity contribution in [3.05, 3.63) is 28.2 Å². The van der Waals surface area contributed by atoms with Crippen molar-refractivity contribution in [1.82, 2.24) is 5.32 Å². The van der Waals surface area contributed by atoms with Crippen molar-refractivity contribution >= 4 is 27.7 Å². The summed E-state index contributed by atoms with van der Waals surface area (Å²) in [7, 11) is 1.69. The molecule has 0 saturated heterocycles. The molecule has 1 aromatic carbocycles. The van der Waals surface area contributed by atoms with Gasteiger partial charge < -0.3 is 15.2 Å². The largest absolute Gasteiger partial charge is 0.496 e. The van der Waals surface area contributed by atoms with Crippen molar-refractivity contribution in [3.8, 4) is 5.75 Å². The molecule has 5 heteroatoms. The Hall–Kier alpha value is -0.230. The second-order valence-corrected chi connectivity index (χ2v) is 5.96. The van der Waals surface area contributed by atoms with Gasteiger partial charge in [-0.2, -0.15) is 11.8 Å². The number of thioether (sulfide) groups is 1. The Kier molecular flexibility index (Phi) is 8.50. The fraction of sp³-hybridized carbons (Fsp3) is 0.538. The first-order valence-corrected chi connectivity index (χ1v) is 7.94. The van der Waals surface area contributed by atoms with Crippen LogP contribution in [0.15, 0.2) is 22.7 Å². The molecule has 1 rings (SSSR count). The Morgan fingerprint density at radius 3 is 2.94 bits per heavy atom. The van der Waals surface area contributed by atoms with Crippen LogP contribution in [0, 0.1) is 0 Å². The lowest BCUT2D eigenvalue weighted by atomic mass is 10.2. The molecular formula is C13H20BrNO2S. The van der Waals surface area contributed by atoms with Gasteiger partial charge in [-0.05, 0) is 30.4 Å². The van der Waals surface area contributed by atoms with Crippen molar-refractivity contribution in [2.24, 2.45) is 0 Å². The minimum Gasteiger partial charge on any atom is -0.496 e. The third kappa shape index (κ3) is 6.09. The van der Waals surface area contributed by atoms with E-state index in [2.05, 4.69) is 27.3 Å². The van der Waals surface area contributed by atoms with E-state index in [4.69, 9.17) is 9.84 Å². The predicted molar refractivity (Wildman–Crippen MR) is 81.4 cm³/mol. The molecule has 0 aliphatic rings. The maximum absolute atomic E-state index is 8.65. The first kappa shape index (κ1) is 15.8. The number of hydrogen-bond donors (Lipinski definition) is 2. The normalized spacial score (nSPS) is 10.6. The van der Waals surface area contributed by atoms with Crippen LogP contribution in [0.25, 0.3) is 0 Å². The molecule has 0 atom stereocenters. The highest BCUT2D eigenvalue weighted by Gasteiger charge is 2.02. The standard InChI is InChI=1S/C13H20BrNO2S/c1-17-13-4-3-12(14)9-11(13)10-15-5-8-18-7-2-6-16/h3-4,9,15-16H,2,5-8,10H2,1H3. The van der Waals surface area contributed by atoms with E-state index in [1.165, 1.54) is 0 Å². The van der Waals surface area contributed by atoms with Gasteiger partial charge in [0.1, 0.15) is 5.75 Å². The highest BCUT2D eigenvalue weighted by atomic mass is 79.9. The molecular weight excluding hydrogens is 314 g/mol. The maximum atomic E-state index is 8.65. The predicted octanol–water partition coefficient (Wildman–Crippen LogP) is 2.66. The smallest absolute Gasteiger partial charge is 0.123 e. The van der Waals surface area contributed by atoms with Gasteiger partial charge in [-0.1, -0.05) is 15.9 Å². The number of ether oxygens (including phenoxy) is 1. The van der Waals surface area contributed by atoms with Gasteiger partial charge in [0, 0.05) is 35.5 Å². The minimum absolute atomic E-state index is 0.287. The van der Waals surface area contributed by atoms with E-state index in [0.29, 0.717) is 0 Å². The van der Waals surface area contributed by atoms with Gasteiger partial charge in [0.25, 0.3) is 0 Å². The molecule has 0 saturated carbocycles. The number of hydrogen-bond acceptors (Lipinski definition) is 4. The van der Waals surface area contributed by atoms with Gasteiger partial charge in [0.2, 0.25) is 0 Å². The number of benzene rings is 1. The van der Waals surface area contributed by atoms with Crippen molar-refractivity contribution < 1.29 is 9.84 Å².